The van der Waals surface area contributed by atoms with Crippen LogP contribution in [0, 0.1) is 25.5 Å². The van der Waals surface area contributed by atoms with E-state index in [0.29, 0.717) is 27.1 Å². The topological polar surface area (TPSA) is 98.0 Å². The number of piperazine rings is 2. The Hall–Kier alpha value is -1.59. The van der Waals surface area contributed by atoms with Gasteiger partial charge in [-0.2, -0.15) is 0 Å². The molecular weight excluding hydrogens is 1290 g/mol. The van der Waals surface area contributed by atoms with Gasteiger partial charge in [-0.25, -0.2) is 8.78 Å². The third-order valence-electron chi connectivity index (χ3n) is 12.4. The fourth-order valence-corrected chi connectivity index (χ4v) is 9.11. The van der Waals surface area contributed by atoms with Gasteiger partial charge in [0.25, 0.3) is 0 Å². The number of halogens is 9. The minimum atomic E-state index is -0.449. The van der Waals surface area contributed by atoms with E-state index in [-0.39, 0.29) is 24.0 Å². The molecule has 21 heteroatoms. The van der Waals surface area contributed by atoms with Gasteiger partial charge in [-0.3, -0.25) is 14.7 Å². The number of benzene rings is 4. The maximum Gasteiger partial charge on any atom is 0.141 e. The number of nitrogens with zero attached hydrogens (tertiary/aromatic N) is 5. The quantitative estimate of drug-likeness (QED) is 0.116. The van der Waals surface area contributed by atoms with Crippen molar-refractivity contribution >= 4 is 86.9 Å². The van der Waals surface area contributed by atoms with Gasteiger partial charge in [0, 0.05) is 112 Å². The van der Waals surface area contributed by atoms with E-state index < -0.39 is 5.82 Å². The van der Waals surface area contributed by atoms with E-state index in [0.717, 1.165) is 156 Å². The number of phenolic OH excluding ortho intramolecular Hbond substituents is 2. The van der Waals surface area contributed by atoms with Crippen LogP contribution >= 0.6 is 86.9 Å². The zero-order valence-electron chi connectivity index (χ0n) is 44.0. The lowest BCUT2D eigenvalue weighted by atomic mass is 10.2. The third-order valence-corrected chi connectivity index (χ3v) is 15.8. The molecule has 75 heavy (non-hydrogen) atoms. The first-order chi connectivity index (χ1) is 35.6. The number of morpholine rings is 2. The number of aryl methyl sites for hydroxylation is 2. The summed E-state index contributed by atoms with van der Waals surface area (Å²) in [6, 6.07) is 20.0. The monoisotopic (exact) mass is 1370 g/mol. The van der Waals surface area contributed by atoms with Crippen molar-refractivity contribution in [2.75, 3.05) is 169 Å². The summed E-state index contributed by atoms with van der Waals surface area (Å²) in [5.41, 5.74) is 2.25. The Bertz CT molecular complexity index is 2080. The van der Waals surface area contributed by atoms with Crippen LogP contribution in [0.5, 0.6) is 23.0 Å². The van der Waals surface area contributed by atoms with Crippen molar-refractivity contribution in [1.82, 2.24) is 24.5 Å². The van der Waals surface area contributed by atoms with Crippen molar-refractivity contribution in [3.8, 4) is 23.0 Å². The minimum absolute atomic E-state index is 0. The Morgan fingerprint density at radius 1 is 0.520 bits per heavy atom. The van der Waals surface area contributed by atoms with Crippen molar-refractivity contribution < 1.29 is 55.2 Å². The largest absolute Gasteiger partial charge is 1.00 e. The molecule has 3 N–H and O–H groups in total. The second-order valence-corrected chi connectivity index (χ2v) is 21.9. The van der Waals surface area contributed by atoms with E-state index in [1.165, 1.54) is 56.5 Å². The number of hydrogen-bond acceptors (Lipinski definition) is 11. The van der Waals surface area contributed by atoms with Crippen LogP contribution in [-0.4, -0.2) is 204 Å². The smallest absolute Gasteiger partial charge is 0.141 e. The first-order valence-corrected chi connectivity index (χ1v) is 29.7. The number of rotatable bonds is 14. The van der Waals surface area contributed by atoms with Crippen molar-refractivity contribution in [3.63, 3.8) is 0 Å². The van der Waals surface area contributed by atoms with Crippen LogP contribution in [-0.2, 0) is 9.47 Å². The number of quaternary nitrogens is 1. The highest BCUT2D eigenvalue weighted by Gasteiger charge is 2.16. The number of hydrogen-bond donors (Lipinski definition) is 3. The predicted octanol–water partition coefficient (Wildman–Crippen LogP) is 6.84. The van der Waals surface area contributed by atoms with Gasteiger partial charge in [-0.15, -0.1) is 23.2 Å². The fraction of sp³-hybridized carbons (Fsp3) is 0.556. The van der Waals surface area contributed by atoms with Crippen LogP contribution in [0.2, 0.25) is 0 Å². The fourth-order valence-electron chi connectivity index (χ4n) is 7.62. The average molecular weight is 1370 g/mol. The summed E-state index contributed by atoms with van der Waals surface area (Å²) < 4.78 is 50.5. The molecule has 0 unspecified atom stereocenters. The summed E-state index contributed by atoms with van der Waals surface area (Å²) in [5.74, 6) is 2.60. The van der Waals surface area contributed by atoms with E-state index in [2.05, 4.69) is 115 Å². The molecule has 4 fully saturated rings. The summed E-state index contributed by atoms with van der Waals surface area (Å²) in [6.45, 7) is 33.1. The molecule has 4 aromatic rings. The van der Waals surface area contributed by atoms with Gasteiger partial charge in [0.2, 0.25) is 0 Å². The normalized spacial score (nSPS) is 16.6. The van der Waals surface area contributed by atoms with Gasteiger partial charge in [0.1, 0.15) is 60.9 Å². The highest BCUT2D eigenvalue weighted by atomic mass is 79.9. The maximum absolute atomic E-state index is 13.3. The standard InChI is InChI=1S/C14H20BrFN2O.C13H18BrNO2.C8H17ClN2.C7H7BrO.C6H4BrFO.C6H12ClNO.ClH/c1-2-17-5-7-18(8-6-17)9-10-19-12-3-4-13(15)14(16)11-12;1-11-10-12(2-3-13(11)14)17-9-6-15-4-7-16-8-5-15;1-2-10-5-7-11(4-3-9)8-6-10;1-5-4-6(9)2-3-7(5)8;7-5-2-1-4(9)3-6(5)8;7-1-2-8-3-5-9-6-4-8;/h3-4,11H,2,5-10H2,1H3;2-3,10H,4-9H2,1H3;2-8H2,1H3;2-4,9H,1H3;1-3,9H;1-6H2;1H. The Morgan fingerprint density at radius 2 is 0.920 bits per heavy atom. The van der Waals surface area contributed by atoms with Gasteiger partial charge in [0.05, 0.1) is 47.8 Å². The van der Waals surface area contributed by atoms with Gasteiger partial charge in [-0.1, -0.05) is 45.7 Å². The minimum Gasteiger partial charge on any atom is -1.00 e. The van der Waals surface area contributed by atoms with Crippen molar-refractivity contribution in [2.45, 2.75) is 27.7 Å². The molecule has 0 amide bonds. The lowest BCUT2D eigenvalue weighted by Crippen LogP contribution is -3.14. The lowest BCUT2D eigenvalue weighted by molar-refractivity contribution is -0.905. The van der Waals surface area contributed by atoms with E-state index in [4.69, 9.17) is 52.4 Å². The molecule has 4 aliphatic rings. The van der Waals surface area contributed by atoms with Crippen LogP contribution in [0.1, 0.15) is 25.0 Å². The number of aromatic hydroxyl groups is 2. The van der Waals surface area contributed by atoms with Crippen LogP contribution in [0.4, 0.5) is 8.78 Å². The second-order valence-electron chi connectivity index (χ2n) is 17.7. The summed E-state index contributed by atoms with van der Waals surface area (Å²) in [6.07, 6.45) is 0. The molecule has 4 aliphatic heterocycles. The number of ether oxygens (including phenoxy) is 4. The molecule has 0 aromatic heterocycles. The highest BCUT2D eigenvalue weighted by molar-refractivity contribution is 9.11. The average Bonchev–Trinajstić information content (AvgIpc) is 3.41. The SMILES string of the molecule is CCN1CCN(CCCl)CC1.CCN1CCN(CCOc2ccc(Br)c(F)c2)CC1.Cc1cc(O)ccc1Br.Cc1cc(OCCN2CCOCC2)ccc1Br.ClCC[NH+]1CCOCC1.Oc1ccc(Br)c(F)c1.[Cl-]. The first-order valence-electron chi connectivity index (χ1n) is 25.4. The molecule has 4 saturated heterocycles. The molecule has 424 valence electrons. The highest BCUT2D eigenvalue weighted by Crippen LogP contribution is 2.23. The lowest BCUT2D eigenvalue weighted by Gasteiger charge is -2.33. The van der Waals surface area contributed by atoms with Gasteiger partial charge in [0.15, 0.2) is 0 Å². The van der Waals surface area contributed by atoms with E-state index >= 15 is 0 Å². The van der Waals surface area contributed by atoms with E-state index in [9.17, 15) is 8.78 Å². The second kappa shape index (κ2) is 41.4. The molecule has 0 atom stereocenters. The first kappa shape index (κ1) is 69.5. The zero-order valence-corrected chi connectivity index (χ0v) is 52.6. The number of phenols is 2. The molecule has 0 radical (unpaired) electrons. The molecule has 12 nitrogen and oxygen atoms in total. The van der Waals surface area contributed by atoms with Crippen molar-refractivity contribution in [2.24, 2.45) is 0 Å². The molecule has 0 bridgehead atoms. The molecule has 0 saturated carbocycles. The third kappa shape index (κ3) is 30.5. The number of alkyl halides is 2. The van der Waals surface area contributed by atoms with Crippen molar-refractivity contribution in [1.29, 1.82) is 0 Å². The van der Waals surface area contributed by atoms with E-state index in [1.54, 1.807) is 29.2 Å². The Labute approximate surface area is 496 Å². The van der Waals surface area contributed by atoms with Crippen LogP contribution in [0.15, 0.2) is 90.7 Å². The zero-order chi connectivity index (χ0) is 54.1. The Kier molecular flexibility index (Phi) is 38.4. The Morgan fingerprint density at radius 3 is 1.35 bits per heavy atom. The van der Waals surface area contributed by atoms with Crippen LogP contribution in [0.3, 0.4) is 0 Å². The Balaban J connectivity index is 0.000000316. The molecule has 8 rings (SSSR count). The molecule has 4 aromatic carbocycles. The predicted molar refractivity (Wildman–Crippen MR) is 312 cm³/mol. The van der Waals surface area contributed by atoms with Gasteiger partial charge < -0.3 is 56.3 Å². The van der Waals surface area contributed by atoms with Gasteiger partial charge in [-0.05, 0) is 131 Å². The maximum atomic E-state index is 13.3. The van der Waals surface area contributed by atoms with Crippen LogP contribution < -0.4 is 26.8 Å². The summed E-state index contributed by atoms with van der Waals surface area (Å²) in [5, 5.41) is 17.6. The molecular formula is C54H79Br4Cl3F2N6O6. The van der Waals surface area contributed by atoms with Gasteiger partial charge >= 0.3 is 0 Å². The summed E-state index contributed by atoms with van der Waals surface area (Å²) >= 11 is 24.1. The molecule has 4 heterocycles. The summed E-state index contributed by atoms with van der Waals surface area (Å²) in [4.78, 5) is 13.7. The number of nitrogens with one attached hydrogen (secondary N) is 1. The summed E-state index contributed by atoms with van der Waals surface area (Å²) in [7, 11) is 0. The number of likely N-dealkylation sites (N-methyl/N-ethyl adjacent to an activating group) is 2. The molecule has 0 aliphatic carbocycles. The van der Waals surface area contributed by atoms with Crippen molar-refractivity contribution in [3.05, 3.63) is 113 Å². The molecule has 0 spiro atoms. The van der Waals surface area contributed by atoms with Crippen LogP contribution in [0.25, 0.3) is 0 Å². The van der Waals surface area contributed by atoms with E-state index in [1.807, 2.05) is 25.1 Å².